The fourth-order valence-corrected chi connectivity index (χ4v) is 4.00. The van der Waals surface area contributed by atoms with Crippen LogP contribution >= 0.6 is 23.2 Å². The van der Waals surface area contributed by atoms with Crippen LogP contribution in [0.5, 0.6) is 0 Å². The van der Waals surface area contributed by atoms with E-state index in [1.54, 1.807) is 24.5 Å². The average Bonchev–Trinajstić information content (AvgIpc) is 2.63. The Morgan fingerprint density at radius 3 is 2.12 bits per heavy atom. The molecule has 0 aliphatic heterocycles. The minimum Gasteiger partial charge on any atom is -0.265 e. The Kier molecular flexibility index (Phi) is 5.39. The van der Waals surface area contributed by atoms with Crippen molar-refractivity contribution in [1.29, 1.82) is 0 Å². The third kappa shape index (κ3) is 4.19. The number of benzene rings is 2. The summed E-state index contributed by atoms with van der Waals surface area (Å²) in [5.41, 5.74) is 1.60. The molecule has 0 amide bonds. The monoisotopic (exact) mass is 392 g/mol. The highest BCUT2D eigenvalue weighted by Gasteiger charge is 2.23. The molecule has 1 aromatic heterocycles. The Morgan fingerprint density at radius 2 is 1.48 bits per heavy atom. The standard InChI is InChI=1S/C18H14Cl2N2O2S/c19-16-7-6-15(12-17(16)20)25(23,24)22-18(13-4-2-1-3-5-13)14-8-10-21-11-9-14/h1-12,18,22H. The van der Waals surface area contributed by atoms with Crippen molar-refractivity contribution in [2.45, 2.75) is 10.9 Å². The number of sulfonamides is 1. The van der Waals surface area contributed by atoms with Crippen LogP contribution in [-0.4, -0.2) is 13.4 Å². The summed E-state index contributed by atoms with van der Waals surface area (Å²) in [5.74, 6) is 0. The molecule has 0 fully saturated rings. The number of nitrogens with one attached hydrogen (secondary N) is 1. The maximum atomic E-state index is 12.8. The van der Waals surface area contributed by atoms with Crippen molar-refractivity contribution in [2.24, 2.45) is 0 Å². The number of halogens is 2. The predicted octanol–water partition coefficient (Wildman–Crippen LogP) is 4.46. The van der Waals surface area contributed by atoms with Crippen LogP contribution in [0.15, 0.2) is 78.0 Å². The first-order chi connectivity index (χ1) is 12.0. The van der Waals surface area contributed by atoms with Crippen LogP contribution in [0.1, 0.15) is 17.2 Å². The van der Waals surface area contributed by atoms with Gasteiger partial charge in [0.25, 0.3) is 0 Å². The molecule has 3 rings (SSSR count). The minimum absolute atomic E-state index is 0.0527. The zero-order valence-corrected chi connectivity index (χ0v) is 15.3. The third-order valence-corrected chi connectivity index (χ3v) is 5.81. The first kappa shape index (κ1) is 17.9. The molecule has 7 heteroatoms. The van der Waals surface area contributed by atoms with Crippen molar-refractivity contribution in [3.05, 3.63) is 94.2 Å². The van der Waals surface area contributed by atoms with E-state index >= 15 is 0 Å². The average molecular weight is 393 g/mol. The highest BCUT2D eigenvalue weighted by atomic mass is 35.5. The zero-order valence-electron chi connectivity index (χ0n) is 12.9. The van der Waals surface area contributed by atoms with Gasteiger partial charge in [-0.05, 0) is 41.5 Å². The SMILES string of the molecule is O=S(=O)(NC(c1ccccc1)c1ccncc1)c1ccc(Cl)c(Cl)c1. The van der Waals surface area contributed by atoms with Gasteiger partial charge in [-0.15, -0.1) is 0 Å². The largest absolute Gasteiger partial charge is 0.265 e. The molecule has 1 unspecified atom stereocenters. The topological polar surface area (TPSA) is 59.1 Å². The van der Waals surface area contributed by atoms with E-state index in [9.17, 15) is 8.42 Å². The predicted molar refractivity (Wildman–Crippen MR) is 99.3 cm³/mol. The van der Waals surface area contributed by atoms with Crippen molar-refractivity contribution in [3.63, 3.8) is 0 Å². The van der Waals surface area contributed by atoms with Crippen molar-refractivity contribution in [2.75, 3.05) is 0 Å². The molecule has 1 N–H and O–H groups in total. The van der Waals surface area contributed by atoms with Gasteiger partial charge in [-0.1, -0.05) is 53.5 Å². The van der Waals surface area contributed by atoms with Crippen molar-refractivity contribution in [3.8, 4) is 0 Å². The van der Waals surface area contributed by atoms with Gasteiger partial charge in [-0.25, -0.2) is 8.42 Å². The number of pyridine rings is 1. The molecule has 3 aromatic rings. The van der Waals surface area contributed by atoms with Gasteiger partial charge >= 0.3 is 0 Å². The van der Waals surface area contributed by atoms with Gasteiger partial charge in [0.05, 0.1) is 21.0 Å². The number of rotatable bonds is 5. The first-order valence-electron chi connectivity index (χ1n) is 7.39. The number of hydrogen-bond donors (Lipinski definition) is 1. The Morgan fingerprint density at radius 1 is 0.840 bits per heavy atom. The van der Waals surface area contributed by atoms with Crippen LogP contribution < -0.4 is 4.72 Å². The van der Waals surface area contributed by atoms with Gasteiger partial charge in [0.2, 0.25) is 10.0 Å². The molecular weight excluding hydrogens is 379 g/mol. The molecule has 128 valence electrons. The van der Waals surface area contributed by atoms with E-state index in [0.29, 0.717) is 5.02 Å². The maximum absolute atomic E-state index is 12.8. The lowest BCUT2D eigenvalue weighted by atomic mass is 10.0. The molecule has 25 heavy (non-hydrogen) atoms. The van der Waals surface area contributed by atoms with E-state index in [4.69, 9.17) is 23.2 Å². The van der Waals surface area contributed by atoms with E-state index in [1.807, 2.05) is 30.3 Å². The van der Waals surface area contributed by atoms with E-state index < -0.39 is 16.1 Å². The molecule has 1 heterocycles. The van der Waals surface area contributed by atoms with Gasteiger partial charge in [-0.2, -0.15) is 4.72 Å². The molecule has 1 atom stereocenters. The van der Waals surface area contributed by atoms with Crippen molar-refractivity contribution >= 4 is 33.2 Å². The zero-order chi connectivity index (χ0) is 17.9. The van der Waals surface area contributed by atoms with Crippen molar-refractivity contribution < 1.29 is 8.42 Å². The molecule has 0 radical (unpaired) electrons. The molecule has 0 bridgehead atoms. The Labute approximate surface area is 156 Å². The third-order valence-electron chi connectivity index (χ3n) is 3.65. The second-order valence-electron chi connectivity index (χ2n) is 5.32. The fourth-order valence-electron chi connectivity index (χ4n) is 2.40. The summed E-state index contributed by atoms with van der Waals surface area (Å²) in [6.45, 7) is 0. The molecule has 0 saturated heterocycles. The molecule has 0 saturated carbocycles. The molecule has 0 aliphatic carbocycles. The second kappa shape index (κ2) is 7.54. The minimum atomic E-state index is -3.81. The molecule has 0 aliphatic rings. The molecule has 4 nitrogen and oxygen atoms in total. The van der Waals surface area contributed by atoms with Crippen LogP contribution in [0.2, 0.25) is 10.0 Å². The Balaban J connectivity index is 2.01. The lowest BCUT2D eigenvalue weighted by molar-refractivity contribution is 0.572. The van der Waals surface area contributed by atoms with Gasteiger partial charge < -0.3 is 0 Å². The lowest BCUT2D eigenvalue weighted by Crippen LogP contribution is -2.29. The normalized spacial score (nSPS) is 12.7. The lowest BCUT2D eigenvalue weighted by Gasteiger charge is -2.20. The van der Waals surface area contributed by atoms with Crippen LogP contribution in [0.3, 0.4) is 0 Å². The van der Waals surface area contributed by atoms with Gasteiger partial charge in [0.15, 0.2) is 0 Å². The smallest absolute Gasteiger partial charge is 0.241 e. The van der Waals surface area contributed by atoms with E-state index in [0.717, 1.165) is 11.1 Å². The highest BCUT2D eigenvalue weighted by Crippen LogP contribution is 2.27. The summed E-state index contributed by atoms with van der Waals surface area (Å²) >= 11 is 11.8. The summed E-state index contributed by atoms with van der Waals surface area (Å²) in [4.78, 5) is 4.04. The van der Waals surface area contributed by atoms with Crippen LogP contribution in [0, 0.1) is 0 Å². The maximum Gasteiger partial charge on any atom is 0.241 e. The van der Waals surface area contributed by atoms with Crippen LogP contribution in [0.4, 0.5) is 0 Å². The summed E-state index contributed by atoms with van der Waals surface area (Å²) in [6.07, 6.45) is 3.25. The quantitative estimate of drug-likeness (QED) is 0.697. The van der Waals surface area contributed by atoms with E-state index in [1.165, 1.54) is 18.2 Å². The first-order valence-corrected chi connectivity index (χ1v) is 9.63. The summed E-state index contributed by atoms with van der Waals surface area (Å²) in [7, 11) is -3.81. The van der Waals surface area contributed by atoms with Crippen LogP contribution in [-0.2, 0) is 10.0 Å². The summed E-state index contributed by atoms with van der Waals surface area (Å²) in [5, 5.41) is 0.485. The number of aromatic nitrogens is 1. The molecule has 2 aromatic carbocycles. The van der Waals surface area contributed by atoms with Gasteiger partial charge in [0, 0.05) is 12.4 Å². The second-order valence-corrected chi connectivity index (χ2v) is 7.85. The fraction of sp³-hybridized carbons (Fsp3) is 0.0556. The summed E-state index contributed by atoms with van der Waals surface area (Å²) < 4.78 is 28.4. The van der Waals surface area contributed by atoms with E-state index in [-0.39, 0.29) is 9.92 Å². The Bertz CT molecular complexity index is 925. The number of nitrogens with zero attached hydrogens (tertiary/aromatic N) is 1. The van der Waals surface area contributed by atoms with Gasteiger partial charge in [0.1, 0.15) is 0 Å². The number of hydrogen-bond acceptors (Lipinski definition) is 3. The molecular formula is C18H14Cl2N2O2S. The summed E-state index contributed by atoms with van der Waals surface area (Å²) in [6, 6.07) is 16.5. The Hall–Kier alpha value is -1.92. The molecule has 0 spiro atoms. The highest BCUT2D eigenvalue weighted by molar-refractivity contribution is 7.89. The van der Waals surface area contributed by atoms with Crippen LogP contribution in [0.25, 0.3) is 0 Å². The van der Waals surface area contributed by atoms with Gasteiger partial charge in [-0.3, -0.25) is 4.98 Å². The van der Waals surface area contributed by atoms with Crippen molar-refractivity contribution in [1.82, 2.24) is 9.71 Å². The van der Waals surface area contributed by atoms with E-state index in [2.05, 4.69) is 9.71 Å².